The summed E-state index contributed by atoms with van der Waals surface area (Å²) >= 11 is 0. The van der Waals surface area contributed by atoms with Crippen LogP contribution in [-0.2, 0) is 6.54 Å². The summed E-state index contributed by atoms with van der Waals surface area (Å²) in [5, 5.41) is 0. The van der Waals surface area contributed by atoms with Gasteiger partial charge in [0.25, 0.3) is 0 Å². The van der Waals surface area contributed by atoms with Crippen molar-refractivity contribution < 1.29 is 4.74 Å². The highest BCUT2D eigenvalue weighted by Crippen LogP contribution is 2.21. The maximum absolute atomic E-state index is 5.39. The van der Waals surface area contributed by atoms with Gasteiger partial charge in [0, 0.05) is 23.7 Å². The summed E-state index contributed by atoms with van der Waals surface area (Å²) < 4.78 is 5.39. The van der Waals surface area contributed by atoms with Gasteiger partial charge in [-0.2, -0.15) is 0 Å². The molecule has 0 amide bonds. The summed E-state index contributed by atoms with van der Waals surface area (Å²) in [4.78, 5) is 2.26. The van der Waals surface area contributed by atoms with Crippen LogP contribution in [0.5, 0.6) is 5.75 Å². The predicted molar refractivity (Wildman–Crippen MR) is 75.5 cm³/mol. The summed E-state index contributed by atoms with van der Waals surface area (Å²) in [6.45, 7) is 5.57. The Bertz CT molecular complexity index is 444. The zero-order valence-corrected chi connectivity index (χ0v) is 11.7. The van der Waals surface area contributed by atoms with E-state index in [1.165, 1.54) is 0 Å². The SMILES string of the molecule is COc1ccc(C#CCN)cc1CN(C)C(C)C. The molecule has 1 aromatic rings. The van der Waals surface area contributed by atoms with Gasteiger partial charge in [-0.05, 0) is 39.1 Å². The van der Waals surface area contributed by atoms with Crippen molar-refractivity contribution >= 4 is 0 Å². The van der Waals surface area contributed by atoms with Gasteiger partial charge in [-0.3, -0.25) is 4.90 Å². The molecule has 0 heterocycles. The van der Waals surface area contributed by atoms with E-state index in [4.69, 9.17) is 10.5 Å². The molecule has 0 fully saturated rings. The highest BCUT2D eigenvalue weighted by molar-refractivity contribution is 5.44. The second-order valence-electron chi connectivity index (χ2n) is 4.54. The molecule has 0 unspecified atom stereocenters. The van der Waals surface area contributed by atoms with Crippen molar-refractivity contribution in [1.29, 1.82) is 0 Å². The van der Waals surface area contributed by atoms with Gasteiger partial charge in [-0.25, -0.2) is 0 Å². The van der Waals surface area contributed by atoms with Crippen LogP contribution in [0.3, 0.4) is 0 Å². The van der Waals surface area contributed by atoms with Crippen molar-refractivity contribution in [3.63, 3.8) is 0 Å². The Hall–Kier alpha value is -1.50. The van der Waals surface area contributed by atoms with Crippen LogP contribution in [0.1, 0.15) is 25.0 Å². The fourth-order valence-corrected chi connectivity index (χ4v) is 1.58. The lowest BCUT2D eigenvalue weighted by Crippen LogP contribution is -2.25. The molecule has 0 atom stereocenters. The number of benzene rings is 1. The Labute approximate surface area is 110 Å². The molecule has 1 aromatic carbocycles. The van der Waals surface area contributed by atoms with Crippen LogP contribution in [0.4, 0.5) is 0 Å². The first kappa shape index (κ1) is 14.6. The summed E-state index contributed by atoms with van der Waals surface area (Å²) in [6, 6.07) is 6.48. The lowest BCUT2D eigenvalue weighted by molar-refractivity contribution is 0.261. The largest absolute Gasteiger partial charge is 0.496 e. The molecule has 0 bridgehead atoms. The van der Waals surface area contributed by atoms with Gasteiger partial charge in [0.1, 0.15) is 5.75 Å². The summed E-state index contributed by atoms with van der Waals surface area (Å²) in [6.07, 6.45) is 0. The molecule has 18 heavy (non-hydrogen) atoms. The first-order valence-electron chi connectivity index (χ1n) is 6.14. The lowest BCUT2D eigenvalue weighted by Gasteiger charge is -2.22. The van der Waals surface area contributed by atoms with E-state index >= 15 is 0 Å². The minimum absolute atomic E-state index is 0.382. The van der Waals surface area contributed by atoms with E-state index in [1.807, 2.05) is 12.1 Å². The Morgan fingerprint density at radius 2 is 2.11 bits per heavy atom. The molecule has 98 valence electrons. The van der Waals surface area contributed by atoms with Crippen LogP contribution in [0, 0.1) is 11.8 Å². The third kappa shape index (κ3) is 4.06. The number of hydrogen-bond donors (Lipinski definition) is 1. The van der Waals surface area contributed by atoms with Gasteiger partial charge < -0.3 is 10.5 Å². The fraction of sp³-hybridized carbons (Fsp3) is 0.467. The van der Waals surface area contributed by atoms with Gasteiger partial charge in [-0.15, -0.1) is 0 Å². The molecular formula is C15H22N2O. The maximum atomic E-state index is 5.39. The first-order valence-corrected chi connectivity index (χ1v) is 6.14. The Balaban J connectivity index is 2.98. The van der Waals surface area contributed by atoms with Crippen molar-refractivity contribution in [3.8, 4) is 17.6 Å². The van der Waals surface area contributed by atoms with Gasteiger partial charge >= 0.3 is 0 Å². The first-order chi connectivity index (χ1) is 8.58. The normalized spacial score (nSPS) is 10.4. The number of ether oxygens (including phenoxy) is 1. The zero-order chi connectivity index (χ0) is 13.5. The van der Waals surface area contributed by atoms with Crippen LogP contribution in [-0.4, -0.2) is 31.6 Å². The second kappa shape index (κ2) is 7.05. The minimum Gasteiger partial charge on any atom is -0.496 e. The van der Waals surface area contributed by atoms with E-state index in [0.717, 1.165) is 23.4 Å². The van der Waals surface area contributed by atoms with Gasteiger partial charge in [0.2, 0.25) is 0 Å². The minimum atomic E-state index is 0.382. The van der Waals surface area contributed by atoms with Crippen LogP contribution in [0.15, 0.2) is 18.2 Å². The van der Waals surface area contributed by atoms with Crippen molar-refractivity contribution in [2.45, 2.75) is 26.4 Å². The van der Waals surface area contributed by atoms with Crippen LogP contribution < -0.4 is 10.5 Å². The van der Waals surface area contributed by atoms with E-state index in [-0.39, 0.29) is 0 Å². The molecule has 1 rings (SSSR count). The summed E-state index contributed by atoms with van der Waals surface area (Å²) in [5.41, 5.74) is 7.51. The number of rotatable bonds is 4. The van der Waals surface area contributed by atoms with Crippen molar-refractivity contribution in [2.24, 2.45) is 5.73 Å². The fourth-order valence-electron chi connectivity index (χ4n) is 1.58. The highest BCUT2D eigenvalue weighted by Gasteiger charge is 2.09. The van der Waals surface area contributed by atoms with Crippen molar-refractivity contribution in [1.82, 2.24) is 4.90 Å². The molecule has 0 spiro atoms. The van der Waals surface area contributed by atoms with Crippen LogP contribution in [0.25, 0.3) is 0 Å². The predicted octanol–water partition coefficient (Wildman–Crippen LogP) is 1.85. The number of nitrogens with zero attached hydrogens (tertiary/aromatic N) is 1. The molecule has 3 heteroatoms. The zero-order valence-electron chi connectivity index (χ0n) is 11.7. The Morgan fingerprint density at radius 3 is 2.67 bits per heavy atom. The van der Waals surface area contributed by atoms with E-state index in [0.29, 0.717) is 12.6 Å². The second-order valence-corrected chi connectivity index (χ2v) is 4.54. The molecule has 0 aliphatic carbocycles. The van der Waals surface area contributed by atoms with E-state index in [9.17, 15) is 0 Å². The van der Waals surface area contributed by atoms with Gasteiger partial charge in [0.15, 0.2) is 0 Å². The summed E-state index contributed by atoms with van der Waals surface area (Å²) in [5.74, 6) is 6.82. The Morgan fingerprint density at radius 1 is 1.39 bits per heavy atom. The standard InChI is InChI=1S/C15H22N2O/c1-12(2)17(3)11-14-10-13(6-5-9-16)7-8-15(14)18-4/h7-8,10,12H,9,11,16H2,1-4H3. The van der Waals surface area contributed by atoms with Gasteiger partial charge in [-0.1, -0.05) is 11.8 Å². The molecule has 0 saturated heterocycles. The highest BCUT2D eigenvalue weighted by atomic mass is 16.5. The Kier molecular flexibility index (Phi) is 5.70. The monoisotopic (exact) mass is 246 g/mol. The topological polar surface area (TPSA) is 38.5 Å². The molecular weight excluding hydrogens is 224 g/mol. The van der Waals surface area contributed by atoms with E-state index in [2.05, 4.69) is 43.7 Å². The van der Waals surface area contributed by atoms with Gasteiger partial charge in [0.05, 0.1) is 13.7 Å². The molecule has 2 N–H and O–H groups in total. The van der Waals surface area contributed by atoms with E-state index in [1.54, 1.807) is 7.11 Å². The lowest BCUT2D eigenvalue weighted by atomic mass is 10.1. The number of methoxy groups -OCH3 is 1. The van der Waals surface area contributed by atoms with Crippen LogP contribution in [0.2, 0.25) is 0 Å². The molecule has 0 saturated carbocycles. The van der Waals surface area contributed by atoms with Crippen molar-refractivity contribution in [2.75, 3.05) is 20.7 Å². The molecule has 0 aliphatic rings. The third-order valence-electron chi connectivity index (χ3n) is 2.92. The third-order valence-corrected chi connectivity index (χ3v) is 2.92. The summed E-state index contributed by atoms with van der Waals surface area (Å²) in [7, 11) is 3.79. The van der Waals surface area contributed by atoms with E-state index < -0.39 is 0 Å². The molecule has 0 aliphatic heterocycles. The number of nitrogens with two attached hydrogens (primary N) is 1. The van der Waals surface area contributed by atoms with Crippen molar-refractivity contribution in [3.05, 3.63) is 29.3 Å². The maximum Gasteiger partial charge on any atom is 0.123 e. The quantitative estimate of drug-likeness (QED) is 0.824. The molecule has 0 aromatic heterocycles. The average Bonchev–Trinajstić information content (AvgIpc) is 2.36. The number of hydrogen-bond acceptors (Lipinski definition) is 3. The smallest absolute Gasteiger partial charge is 0.123 e. The molecule has 3 nitrogen and oxygen atoms in total. The molecule has 0 radical (unpaired) electrons. The van der Waals surface area contributed by atoms with Crippen LogP contribution >= 0.6 is 0 Å². The average molecular weight is 246 g/mol.